The van der Waals surface area contributed by atoms with Crippen molar-refractivity contribution in [3.63, 3.8) is 0 Å². The van der Waals surface area contributed by atoms with E-state index in [-0.39, 0.29) is 0 Å². The molecule has 0 saturated carbocycles. The first kappa shape index (κ1) is 45.5. The van der Waals surface area contributed by atoms with Crippen LogP contribution in [0.2, 0.25) is 0 Å². The molecule has 4 aromatic carbocycles. The van der Waals surface area contributed by atoms with Crippen LogP contribution in [0.5, 0.6) is 0 Å². The molecule has 8 rings (SSSR count). The zero-order valence-corrected chi connectivity index (χ0v) is 39.2. The lowest BCUT2D eigenvalue weighted by Gasteiger charge is -2.25. The molecule has 4 heterocycles. The average molecular weight is 921 g/mol. The summed E-state index contributed by atoms with van der Waals surface area (Å²) in [6, 6.07) is 34.5. The molecule has 0 spiro atoms. The third-order valence-electron chi connectivity index (χ3n) is 9.80. The highest BCUT2D eigenvalue weighted by atomic mass is 32.2. The predicted molar refractivity (Wildman–Crippen MR) is 267 cm³/mol. The van der Waals surface area contributed by atoms with Crippen molar-refractivity contribution in [1.29, 1.82) is 0 Å². The van der Waals surface area contributed by atoms with Crippen molar-refractivity contribution >= 4 is 102 Å². The lowest BCUT2D eigenvalue weighted by Crippen LogP contribution is -2.28. The highest BCUT2D eigenvalue weighted by molar-refractivity contribution is 8.00. The van der Waals surface area contributed by atoms with Gasteiger partial charge >= 0.3 is 0 Å². The molecule has 2 aromatic heterocycles. The van der Waals surface area contributed by atoms with E-state index < -0.39 is 0 Å². The Hall–Kier alpha value is -2.50. The van der Waals surface area contributed by atoms with Crippen molar-refractivity contribution in [3.8, 4) is 21.1 Å². The number of benzene rings is 4. The largest absolute Gasteiger partial charge is 0.378 e. The number of fused-ring (bicyclic) bond motifs is 2. The average Bonchev–Trinajstić information content (AvgIpc) is 3.93. The van der Waals surface area contributed by atoms with Gasteiger partial charge in [-0.25, -0.2) is 9.97 Å². The minimum atomic E-state index is 0.707. The second-order valence-corrected chi connectivity index (χ2v) is 20.9. The van der Waals surface area contributed by atoms with Crippen LogP contribution in [-0.4, -0.2) is 135 Å². The number of thiazole rings is 2. The van der Waals surface area contributed by atoms with Crippen molar-refractivity contribution in [2.24, 2.45) is 0 Å². The van der Waals surface area contributed by atoms with Gasteiger partial charge in [0.05, 0.1) is 73.3 Å². The molecule has 60 heavy (non-hydrogen) atoms. The van der Waals surface area contributed by atoms with E-state index >= 15 is 0 Å². The van der Waals surface area contributed by atoms with E-state index in [9.17, 15) is 0 Å². The van der Waals surface area contributed by atoms with Gasteiger partial charge < -0.3 is 28.7 Å². The first-order valence-electron chi connectivity index (χ1n) is 20.8. The minimum absolute atomic E-state index is 0.707. The predicted octanol–water partition coefficient (Wildman–Crippen LogP) is 10.6. The SMILES string of the molecule is c1ccc2sc(-c3ccc(N4CCSCCOCCOCCSCC4)cc3)nc2c1.c1ccc2sc(-c3ccc(N4CCSCCOCCOCCSCC4)cc3)nc2c1. The monoisotopic (exact) mass is 920 g/mol. The smallest absolute Gasteiger partial charge is 0.124 e. The second kappa shape index (κ2) is 26.2. The standard InChI is InChI=1S/2C23H28N2O2S3/c2*1-2-4-22-21(3-1)24-23(30-22)19-5-7-20(8-6-19)25-9-15-28-17-13-26-11-12-27-14-18-29-16-10-25/h2*1-8H,9-18H2. The molecular weight excluding hydrogens is 865 g/mol. The van der Waals surface area contributed by atoms with E-state index in [1.54, 1.807) is 22.7 Å². The van der Waals surface area contributed by atoms with Gasteiger partial charge in [-0.2, -0.15) is 47.0 Å². The third-order valence-corrected chi connectivity index (χ3v) is 15.7. The maximum Gasteiger partial charge on any atom is 0.124 e. The third kappa shape index (κ3) is 14.8. The van der Waals surface area contributed by atoms with Crippen LogP contribution in [0.15, 0.2) is 97.1 Å². The zero-order valence-electron chi connectivity index (χ0n) is 34.3. The van der Waals surface area contributed by atoms with E-state index in [0.29, 0.717) is 26.4 Å². The van der Waals surface area contributed by atoms with E-state index in [4.69, 9.17) is 28.9 Å². The first-order valence-corrected chi connectivity index (χ1v) is 27.1. The van der Waals surface area contributed by atoms with E-state index in [1.165, 1.54) is 31.9 Å². The molecule has 2 aliphatic rings. The van der Waals surface area contributed by atoms with Gasteiger partial charge in [0.15, 0.2) is 0 Å². The molecule has 6 aromatic rings. The normalized spacial score (nSPS) is 18.1. The van der Waals surface area contributed by atoms with Crippen LogP contribution in [0.4, 0.5) is 11.4 Å². The summed E-state index contributed by atoms with van der Waals surface area (Å²) in [5.74, 6) is 8.62. The fourth-order valence-corrected chi connectivity index (χ4v) is 11.7. The molecular formula is C46H56N4O4S6. The molecule has 0 unspecified atom stereocenters. The van der Waals surface area contributed by atoms with Gasteiger partial charge in [0.2, 0.25) is 0 Å². The highest BCUT2D eigenvalue weighted by Gasteiger charge is 2.12. The van der Waals surface area contributed by atoms with Gasteiger partial charge in [0.1, 0.15) is 10.0 Å². The molecule has 0 amide bonds. The van der Waals surface area contributed by atoms with E-state index in [2.05, 4.69) is 94.7 Å². The van der Waals surface area contributed by atoms with Crippen molar-refractivity contribution in [2.45, 2.75) is 0 Å². The number of hydrogen-bond donors (Lipinski definition) is 0. The molecule has 2 aliphatic heterocycles. The molecule has 0 radical (unpaired) electrons. The Morgan fingerprint density at radius 3 is 1.03 bits per heavy atom. The topological polar surface area (TPSA) is 69.2 Å². The number of thioether (sulfide) groups is 4. The van der Waals surface area contributed by atoms with Gasteiger partial charge in [-0.1, -0.05) is 24.3 Å². The maximum atomic E-state index is 5.63. The van der Waals surface area contributed by atoms with Gasteiger partial charge in [-0.15, -0.1) is 22.7 Å². The first-order chi connectivity index (χ1) is 29.8. The molecule has 0 atom stereocenters. The number of anilines is 2. The number of rotatable bonds is 4. The summed E-state index contributed by atoms with van der Waals surface area (Å²) in [4.78, 5) is 14.6. The summed E-state index contributed by atoms with van der Waals surface area (Å²) in [5.41, 5.74) is 7.12. The van der Waals surface area contributed by atoms with Gasteiger partial charge in [-0.05, 0) is 72.8 Å². The van der Waals surface area contributed by atoms with Crippen LogP contribution in [0.1, 0.15) is 0 Å². The molecule has 0 aliphatic carbocycles. The Morgan fingerprint density at radius 1 is 0.367 bits per heavy atom. The molecule has 2 saturated heterocycles. The van der Waals surface area contributed by atoms with Crippen LogP contribution < -0.4 is 9.80 Å². The van der Waals surface area contributed by atoms with Gasteiger partial charge in [0.25, 0.3) is 0 Å². The minimum Gasteiger partial charge on any atom is -0.378 e. The molecule has 0 N–H and O–H groups in total. The molecule has 320 valence electrons. The summed E-state index contributed by atoms with van der Waals surface area (Å²) in [7, 11) is 0. The number of ether oxygens (including phenoxy) is 4. The number of para-hydroxylation sites is 2. The maximum absolute atomic E-state index is 5.63. The fourth-order valence-electron chi connectivity index (χ4n) is 6.58. The summed E-state index contributed by atoms with van der Waals surface area (Å²) in [6.07, 6.45) is 0. The van der Waals surface area contributed by atoms with Crippen molar-refractivity contribution in [2.75, 3.05) is 135 Å². The molecule has 8 nitrogen and oxygen atoms in total. The second-order valence-electron chi connectivity index (χ2n) is 13.9. The Bertz CT molecular complexity index is 1850. The highest BCUT2D eigenvalue weighted by Crippen LogP contribution is 2.33. The summed E-state index contributed by atoms with van der Waals surface area (Å²) in [6.45, 7) is 10.3. The van der Waals surface area contributed by atoms with Crippen molar-refractivity contribution < 1.29 is 18.9 Å². The zero-order chi connectivity index (χ0) is 40.9. The van der Waals surface area contributed by atoms with Crippen LogP contribution in [0, 0.1) is 0 Å². The Labute approximate surface area is 380 Å². The van der Waals surface area contributed by atoms with Gasteiger partial charge in [0, 0.05) is 94.7 Å². The van der Waals surface area contributed by atoms with Crippen LogP contribution >= 0.6 is 69.7 Å². The number of aromatic nitrogens is 2. The Kier molecular flexibility index (Phi) is 19.9. The van der Waals surface area contributed by atoms with Crippen molar-refractivity contribution in [1.82, 2.24) is 9.97 Å². The van der Waals surface area contributed by atoms with Crippen LogP contribution in [0.25, 0.3) is 41.6 Å². The lowest BCUT2D eigenvalue weighted by molar-refractivity contribution is 0.0605. The van der Waals surface area contributed by atoms with Crippen LogP contribution in [0.3, 0.4) is 0 Å². The molecule has 2 fully saturated rings. The van der Waals surface area contributed by atoms with Crippen LogP contribution in [-0.2, 0) is 18.9 Å². The Balaban J connectivity index is 0.000000181. The number of hydrogen-bond acceptors (Lipinski definition) is 14. The fraction of sp³-hybridized carbons (Fsp3) is 0.435. The summed E-state index contributed by atoms with van der Waals surface area (Å²) >= 11 is 11.4. The quantitative estimate of drug-likeness (QED) is 0.169. The summed E-state index contributed by atoms with van der Waals surface area (Å²) in [5, 5.41) is 2.18. The lowest BCUT2D eigenvalue weighted by atomic mass is 10.2. The van der Waals surface area contributed by atoms with Crippen molar-refractivity contribution in [3.05, 3.63) is 97.1 Å². The Morgan fingerprint density at radius 2 is 0.700 bits per heavy atom. The summed E-state index contributed by atoms with van der Waals surface area (Å²) < 4.78 is 25.0. The van der Waals surface area contributed by atoms with E-state index in [0.717, 1.165) is 120 Å². The van der Waals surface area contributed by atoms with Gasteiger partial charge in [-0.3, -0.25) is 0 Å². The molecule has 14 heteroatoms. The molecule has 0 bridgehead atoms. The number of nitrogens with zero attached hydrogens (tertiary/aromatic N) is 4. The van der Waals surface area contributed by atoms with E-state index in [1.807, 2.05) is 59.2 Å².